The maximum absolute atomic E-state index is 12.3. The number of carbonyl (C=O) groups excluding carboxylic acids is 2. The van der Waals surface area contributed by atoms with Crippen molar-refractivity contribution in [3.05, 3.63) is 53.6 Å². The third kappa shape index (κ3) is 3.49. The molecule has 2 N–H and O–H groups in total. The first-order valence-electron chi connectivity index (χ1n) is 7.11. The lowest BCUT2D eigenvalue weighted by atomic mass is 10.1. The molecule has 6 nitrogen and oxygen atoms in total. The zero-order chi connectivity index (χ0) is 16.2. The summed E-state index contributed by atoms with van der Waals surface area (Å²) in [5, 5.41) is 5.51. The van der Waals surface area contributed by atoms with Crippen LogP contribution in [0, 0.1) is 0 Å². The SMILES string of the molecule is COCc1cccc(C(=O)Nc2ccc3c(c2)NC(=O)CO3)c1. The summed E-state index contributed by atoms with van der Waals surface area (Å²) in [6.45, 7) is 0.453. The fourth-order valence-electron chi connectivity index (χ4n) is 2.33. The lowest BCUT2D eigenvalue weighted by molar-refractivity contribution is -0.118. The van der Waals surface area contributed by atoms with E-state index in [1.54, 1.807) is 37.4 Å². The van der Waals surface area contributed by atoms with E-state index >= 15 is 0 Å². The number of rotatable bonds is 4. The Morgan fingerprint density at radius 1 is 1.30 bits per heavy atom. The van der Waals surface area contributed by atoms with Crippen LogP contribution in [0.25, 0.3) is 0 Å². The Balaban J connectivity index is 1.76. The topological polar surface area (TPSA) is 76.7 Å². The normalized spacial score (nSPS) is 12.8. The van der Waals surface area contributed by atoms with Crippen molar-refractivity contribution >= 4 is 23.2 Å². The van der Waals surface area contributed by atoms with Gasteiger partial charge in [-0.1, -0.05) is 12.1 Å². The number of anilines is 2. The minimum absolute atomic E-state index is 0.00496. The number of methoxy groups -OCH3 is 1. The monoisotopic (exact) mass is 312 g/mol. The first kappa shape index (κ1) is 15.1. The molecular weight excluding hydrogens is 296 g/mol. The van der Waals surface area contributed by atoms with E-state index < -0.39 is 0 Å². The van der Waals surface area contributed by atoms with Crippen LogP contribution in [0.4, 0.5) is 11.4 Å². The first-order valence-corrected chi connectivity index (χ1v) is 7.11. The van der Waals surface area contributed by atoms with Crippen LogP contribution in [-0.4, -0.2) is 25.5 Å². The predicted molar refractivity (Wildman–Crippen MR) is 85.7 cm³/mol. The van der Waals surface area contributed by atoms with E-state index in [2.05, 4.69) is 10.6 Å². The number of amides is 2. The van der Waals surface area contributed by atoms with Crippen LogP contribution < -0.4 is 15.4 Å². The second-order valence-electron chi connectivity index (χ2n) is 5.14. The van der Waals surface area contributed by atoms with E-state index in [-0.39, 0.29) is 18.4 Å². The van der Waals surface area contributed by atoms with Gasteiger partial charge in [0.2, 0.25) is 0 Å². The van der Waals surface area contributed by atoms with E-state index in [9.17, 15) is 9.59 Å². The van der Waals surface area contributed by atoms with Gasteiger partial charge in [0.05, 0.1) is 12.3 Å². The van der Waals surface area contributed by atoms with E-state index in [0.717, 1.165) is 5.56 Å². The van der Waals surface area contributed by atoms with E-state index in [0.29, 0.717) is 29.3 Å². The molecule has 0 saturated carbocycles. The van der Waals surface area contributed by atoms with Gasteiger partial charge < -0.3 is 20.1 Å². The fraction of sp³-hybridized carbons (Fsp3) is 0.176. The molecule has 0 saturated heterocycles. The largest absolute Gasteiger partial charge is 0.482 e. The van der Waals surface area contributed by atoms with Crippen LogP contribution in [0.3, 0.4) is 0 Å². The Bertz CT molecular complexity index is 758. The van der Waals surface area contributed by atoms with Crippen LogP contribution >= 0.6 is 0 Å². The minimum atomic E-state index is -0.231. The molecule has 0 aromatic heterocycles. The molecule has 1 aliphatic rings. The molecular formula is C17H16N2O4. The van der Waals surface area contributed by atoms with Gasteiger partial charge in [-0.25, -0.2) is 0 Å². The van der Waals surface area contributed by atoms with Crippen molar-refractivity contribution in [2.24, 2.45) is 0 Å². The summed E-state index contributed by atoms with van der Waals surface area (Å²) in [5.41, 5.74) is 2.59. The molecule has 0 bridgehead atoms. The van der Waals surface area contributed by atoms with Gasteiger partial charge in [0.15, 0.2) is 6.61 Å². The van der Waals surface area contributed by atoms with Gasteiger partial charge >= 0.3 is 0 Å². The molecule has 1 aliphatic heterocycles. The van der Waals surface area contributed by atoms with Crippen LogP contribution in [0.1, 0.15) is 15.9 Å². The summed E-state index contributed by atoms with van der Waals surface area (Å²) in [5.74, 6) is 0.142. The average molecular weight is 312 g/mol. The van der Waals surface area contributed by atoms with Crippen molar-refractivity contribution in [3.8, 4) is 5.75 Å². The summed E-state index contributed by atoms with van der Waals surface area (Å²) in [6, 6.07) is 12.3. The number of benzene rings is 2. The minimum Gasteiger partial charge on any atom is -0.482 e. The Morgan fingerprint density at radius 3 is 3.00 bits per heavy atom. The first-order chi connectivity index (χ1) is 11.2. The fourth-order valence-corrected chi connectivity index (χ4v) is 2.33. The summed E-state index contributed by atoms with van der Waals surface area (Å²) >= 11 is 0. The molecule has 1 heterocycles. The maximum Gasteiger partial charge on any atom is 0.262 e. The number of carbonyl (C=O) groups is 2. The Kier molecular flexibility index (Phi) is 4.25. The summed E-state index contributed by atoms with van der Waals surface area (Å²) in [4.78, 5) is 23.7. The van der Waals surface area contributed by atoms with Crippen LogP contribution in [0.2, 0.25) is 0 Å². The molecule has 2 aromatic carbocycles. The standard InChI is InChI=1S/C17H16N2O4/c1-22-9-11-3-2-4-12(7-11)17(21)18-13-5-6-15-14(8-13)19-16(20)10-23-15/h2-8H,9-10H2,1H3,(H,18,21)(H,19,20). The molecule has 0 radical (unpaired) electrons. The summed E-state index contributed by atoms with van der Waals surface area (Å²) in [6.07, 6.45) is 0. The van der Waals surface area contributed by atoms with E-state index in [1.165, 1.54) is 0 Å². The highest BCUT2D eigenvalue weighted by Gasteiger charge is 2.16. The number of fused-ring (bicyclic) bond motifs is 1. The Hall–Kier alpha value is -2.86. The Labute approximate surface area is 133 Å². The number of ether oxygens (including phenoxy) is 2. The predicted octanol–water partition coefficient (Wildman–Crippen LogP) is 2.42. The molecule has 6 heteroatoms. The van der Waals surface area contributed by atoms with Crippen LogP contribution in [-0.2, 0) is 16.1 Å². The van der Waals surface area contributed by atoms with E-state index in [4.69, 9.17) is 9.47 Å². The van der Waals surface area contributed by atoms with Gasteiger partial charge in [-0.2, -0.15) is 0 Å². The van der Waals surface area contributed by atoms with Gasteiger partial charge in [-0.3, -0.25) is 9.59 Å². The summed E-state index contributed by atoms with van der Waals surface area (Å²) in [7, 11) is 1.61. The second kappa shape index (κ2) is 6.50. The molecule has 0 spiro atoms. The zero-order valence-electron chi connectivity index (χ0n) is 12.6. The molecule has 2 aromatic rings. The van der Waals surface area contributed by atoms with Crippen molar-refractivity contribution in [1.82, 2.24) is 0 Å². The van der Waals surface area contributed by atoms with Crippen LogP contribution in [0.15, 0.2) is 42.5 Å². The summed E-state index contributed by atoms with van der Waals surface area (Å²) < 4.78 is 10.4. The molecule has 0 aliphatic carbocycles. The molecule has 3 rings (SSSR count). The molecule has 0 fully saturated rings. The van der Waals surface area contributed by atoms with Gasteiger partial charge in [0.25, 0.3) is 11.8 Å². The van der Waals surface area contributed by atoms with Gasteiger partial charge in [0.1, 0.15) is 5.75 Å². The molecule has 0 atom stereocenters. The smallest absolute Gasteiger partial charge is 0.262 e. The highest BCUT2D eigenvalue weighted by atomic mass is 16.5. The quantitative estimate of drug-likeness (QED) is 0.909. The lowest BCUT2D eigenvalue weighted by Crippen LogP contribution is -2.25. The van der Waals surface area contributed by atoms with Gasteiger partial charge in [-0.15, -0.1) is 0 Å². The molecule has 2 amide bonds. The highest BCUT2D eigenvalue weighted by Crippen LogP contribution is 2.30. The zero-order valence-corrected chi connectivity index (χ0v) is 12.6. The second-order valence-corrected chi connectivity index (χ2v) is 5.14. The molecule has 118 valence electrons. The van der Waals surface area contributed by atoms with Crippen molar-refractivity contribution in [1.29, 1.82) is 0 Å². The van der Waals surface area contributed by atoms with Gasteiger partial charge in [-0.05, 0) is 35.9 Å². The highest BCUT2D eigenvalue weighted by molar-refractivity contribution is 6.05. The Morgan fingerprint density at radius 2 is 2.17 bits per heavy atom. The number of hydrogen-bond donors (Lipinski definition) is 2. The van der Waals surface area contributed by atoms with Crippen molar-refractivity contribution in [2.45, 2.75) is 6.61 Å². The molecule has 0 unspecified atom stereocenters. The van der Waals surface area contributed by atoms with E-state index in [1.807, 2.05) is 12.1 Å². The number of hydrogen-bond acceptors (Lipinski definition) is 4. The van der Waals surface area contributed by atoms with Gasteiger partial charge in [0, 0.05) is 18.4 Å². The van der Waals surface area contributed by atoms with Crippen molar-refractivity contribution in [2.75, 3.05) is 24.4 Å². The molecule has 23 heavy (non-hydrogen) atoms. The lowest BCUT2D eigenvalue weighted by Gasteiger charge is -2.18. The third-order valence-electron chi connectivity index (χ3n) is 3.37. The van der Waals surface area contributed by atoms with Crippen LogP contribution in [0.5, 0.6) is 5.75 Å². The van der Waals surface area contributed by atoms with Crippen molar-refractivity contribution in [3.63, 3.8) is 0 Å². The average Bonchev–Trinajstić information content (AvgIpc) is 2.55. The third-order valence-corrected chi connectivity index (χ3v) is 3.37. The maximum atomic E-state index is 12.3. The van der Waals surface area contributed by atoms with Crippen molar-refractivity contribution < 1.29 is 19.1 Å². The number of nitrogens with one attached hydrogen (secondary N) is 2.